The first-order valence-electron chi connectivity index (χ1n) is 5.23. The predicted molar refractivity (Wildman–Crippen MR) is 68.7 cm³/mol. The summed E-state index contributed by atoms with van der Waals surface area (Å²) in [4.78, 5) is 12.8. The Morgan fingerprint density at radius 1 is 1.44 bits per heavy atom. The summed E-state index contributed by atoms with van der Waals surface area (Å²) < 4.78 is 0.733. The Balaban J connectivity index is 2.58. The molecule has 1 aromatic heterocycles. The van der Waals surface area contributed by atoms with E-state index in [0.29, 0.717) is 0 Å². The molecule has 1 rings (SSSR count). The lowest BCUT2D eigenvalue weighted by atomic mass is 10.0. The highest BCUT2D eigenvalue weighted by Gasteiger charge is 2.19. The average Bonchev–Trinajstić information content (AvgIpc) is 2.63. The molecule has 1 amide bonds. The van der Waals surface area contributed by atoms with Crippen LogP contribution in [0.15, 0.2) is 12.1 Å². The van der Waals surface area contributed by atoms with E-state index in [9.17, 15) is 4.79 Å². The molecule has 0 saturated heterocycles. The van der Waals surface area contributed by atoms with E-state index in [1.165, 1.54) is 11.3 Å². The molecule has 16 heavy (non-hydrogen) atoms. The number of carbonyl (C=O) groups is 1. The Bertz CT molecular complexity index is 365. The lowest BCUT2D eigenvalue weighted by Gasteiger charge is -2.18. The van der Waals surface area contributed by atoms with E-state index in [4.69, 9.17) is 17.3 Å². The summed E-state index contributed by atoms with van der Waals surface area (Å²) in [6, 6.07) is 3.60. The zero-order valence-corrected chi connectivity index (χ0v) is 11.2. The third-order valence-corrected chi connectivity index (χ3v) is 4.00. The minimum Gasteiger partial charge on any atom is -0.348 e. The largest absolute Gasteiger partial charge is 0.348 e. The standard InChI is InChI=1S/C11H17ClN2OS/c1-6(7(2)13)11(15)14-8(3)9-4-5-10(12)16-9/h4-8H,13H2,1-3H3,(H,14,15). The Hall–Kier alpha value is -0.580. The lowest BCUT2D eigenvalue weighted by Crippen LogP contribution is -2.39. The number of nitrogens with one attached hydrogen (secondary N) is 1. The van der Waals surface area contributed by atoms with E-state index in [2.05, 4.69) is 5.32 Å². The molecule has 0 radical (unpaired) electrons. The molecular weight excluding hydrogens is 244 g/mol. The first-order chi connectivity index (χ1) is 7.41. The third-order valence-electron chi connectivity index (χ3n) is 2.58. The van der Waals surface area contributed by atoms with Crippen molar-refractivity contribution in [2.24, 2.45) is 11.7 Å². The number of halogens is 1. The van der Waals surface area contributed by atoms with Crippen LogP contribution in [0.3, 0.4) is 0 Å². The molecule has 0 aromatic carbocycles. The average molecular weight is 261 g/mol. The van der Waals surface area contributed by atoms with Crippen molar-refractivity contribution in [3.05, 3.63) is 21.3 Å². The van der Waals surface area contributed by atoms with Gasteiger partial charge in [-0.25, -0.2) is 0 Å². The van der Waals surface area contributed by atoms with Crippen LogP contribution in [0.1, 0.15) is 31.7 Å². The number of nitrogens with two attached hydrogens (primary N) is 1. The zero-order valence-electron chi connectivity index (χ0n) is 9.66. The molecule has 3 atom stereocenters. The van der Waals surface area contributed by atoms with Crippen molar-refractivity contribution in [1.29, 1.82) is 0 Å². The molecule has 1 heterocycles. The molecule has 3 nitrogen and oxygen atoms in total. The third kappa shape index (κ3) is 3.47. The summed E-state index contributed by atoms with van der Waals surface area (Å²) in [5, 5.41) is 2.92. The molecule has 0 fully saturated rings. The molecule has 1 aromatic rings. The minimum absolute atomic E-state index is 0.0213. The van der Waals surface area contributed by atoms with Gasteiger partial charge in [-0.3, -0.25) is 4.79 Å². The maximum atomic E-state index is 11.8. The number of hydrogen-bond acceptors (Lipinski definition) is 3. The second kappa shape index (κ2) is 5.66. The maximum Gasteiger partial charge on any atom is 0.224 e. The van der Waals surface area contributed by atoms with Gasteiger partial charge in [-0.05, 0) is 26.0 Å². The van der Waals surface area contributed by atoms with Crippen molar-refractivity contribution in [3.8, 4) is 0 Å². The molecule has 90 valence electrons. The number of carbonyl (C=O) groups excluding carboxylic acids is 1. The highest BCUT2D eigenvalue weighted by Crippen LogP contribution is 2.26. The summed E-state index contributed by atoms with van der Waals surface area (Å²) in [7, 11) is 0. The van der Waals surface area contributed by atoms with E-state index < -0.39 is 0 Å². The lowest BCUT2D eigenvalue weighted by molar-refractivity contribution is -0.125. The second-order valence-corrected chi connectivity index (χ2v) is 5.77. The zero-order chi connectivity index (χ0) is 12.3. The van der Waals surface area contributed by atoms with E-state index in [-0.39, 0.29) is 23.9 Å². The van der Waals surface area contributed by atoms with Gasteiger partial charge in [-0.2, -0.15) is 0 Å². The van der Waals surface area contributed by atoms with Crippen molar-refractivity contribution in [1.82, 2.24) is 5.32 Å². The number of hydrogen-bond donors (Lipinski definition) is 2. The topological polar surface area (TPSA) is 55.1 Å². The summed E-state index contributed by atoms with van der Waals surface area (Å²) in [6.45, 7) is 5.60. The van der Waals surface area contributed by atoms with Gasteiger partial charge < -0.3 is 11.1 Å². The predicted octanol–water partition coefficient (Wildman–Crippen LogP) is 2.56. The van der Waals surface area contributed by atoms with Crippen LogP contribution in [-0.2, 0) is 4.79 Å². The van der Waals surface area contributed by atoms with Gasteiger partial charge in [0.05, 0.1) is 10.4 Å². The van der Waals surface area contributed by atoms with Crippen LogP contribution in [0.4, 0.5) is 0 Å². The molecule has 3 N–H and O–H groups in total. The monoisotopic (exact) mass is 260 g/mol. The minimum atomic E-state index is -0.183. The molecular formula is C11H17ClN2OS. The van der Waals surface area contributed by atoms with Gasteiger partial charge in [0.1, 0.15) is 0 Å². The van der Waals surface area contributed by atoms with Crippen molar-refractivity contribution in [3.63, 3.8) is 0 Å². The van der Waals surface area contributed by atoms with Crippen LogP contribution in [0.5, 0.6) is 0 Å². The van der Waals surface area contributed by atoms with Gasteiger partial charge in [-0.1, -0.05) is 18.5 Å². The first-order valence-corrected chi connectivity index (χ1v) is 6.42. The Kier molecular flexibility index (Phi) is 4.77. The fraction of sp³-hybridized carbons (Fsp3) is 0.545. The van der Waals surface area contributed by atoms with Gasteiger partial charge in [0.25, 0.3) is 0 Å². The molecule has 5 heteroatoms. The van der Waals surface area contributed by atoms with Gasteiger partial charge in [0.2, 0.25) is 5.91 Å². The molecule has 0 aliphatic heterocycles. The summed E-state index contributed by atoms with van der Waals surface area (Å²) in [5.74, 6) is -0.204. The highest BCUT2D eigenvalue weighted by molar-refractivity contribution is 7.16. The molecule has 0 aliphatic carbocycles. The van der Waals surface area contributed by atoms with E-state index in [1.54, 1.807) is 0 Å². The Morgan fingerprint density at radius 3 is 2.50 bits per heavy atom. The van der Waals surface area contributed by atoms with Crippen LogP contribution >= 0.6 is 22.9 Å². The van der Waals surface area contributed by atoms with Crippen molar-refractivity contribution >= 4 is 28.8 Å². The second-order valence-electron chi connectivity index (χ2n) is 4.02. The van der Waals surface area contributed by atoms with Gasteiger partial charge >= 0.3 is 0 Å². The highest BCUT2D eigenvalue weighted by atomic mass is 35.5. The SMILES string of the molecule is CC(NC(=O)C(C)C(C)N)c1ccc(Cl)s1. The van der Waals surface area contributed by atoms with Crippen LogP contribution in [-0.4, -0.2) is 11.9 Å². The van der Waals surface area contributed by atoms with Crippen molar-refractivity contribution < 1.29 is 4.79 Å². The quantitative estimate of drug-likeness (QED) is 0.874. The molecule has 0 aliphatic rings. The van der Waals surface area contributed by atoms with E-state index in [0.717, 1.165) is 9.21 Å². The summed E-state index contributed by atoms with van der Waals surface area (Å²) >= 11 is 7.32. The number of thiophene rings is 1. The van der Waals surface area contributed by atoms with Gasteiger partial charge in [0, 0.05) is 16.8 Å². The Morgan fingerprint density at radius 2 is 2.06 bits per heavy atom. The van der Waals surface area contributed by atoms with Crippen LogP contribution in [0, 0.1) is 5.92 Å². The Labute approximate surface area is 105 Å². The smallest absolute Gasteiger partial charge is 0.224 e. The summed E-state index contributed by atoms with van der Waals surface area (Å²) in [5.41, 5.74) is 5.68. The van der Waals surface area contributed by atoms with Crippen LogP contribution < -0.4 is 11.1 Å². The number of amides is 1. The molecule has 3 unspecified atom stereocenters. The maximum absolute atomic E-state index is 11.8. The fourth-order valence-corrected chi connectivity index (χ4v) is 2.28. The summed E-state index contributed by atoms with van der Waals surface area (Å²) in [6.07, 6.45) is 0. The molecule has 0 spiro atoms. The molecule has 0 saturated carbocycles. The number of rotatable bonds is 4. The van der Waals surface area contributed by atoms with Gasteiger partial charge in [-0.15, -0.1) is 11.3 Å². The van der Waals surface area contributed by atoms with Crippen molar-refractivity contribution in [2.45, 2.75) is 32.9 Å². The van der Waals surface area contributed by atoms with E-state index in [1.807, 2.05) is 32.9 Å². The first kappa shape index (κ1) is 13.5. The normalized spacial score (nSPS) is 16.6. The van der Waals surface area contributed by atoms with E-state index >= 15 is 0 Å². The van der Waals surface area contributed by atoms with Crippen molar-refractivity contribution in [2.75, 3.05) is 0 Å². The van der Waals surface area contributed by atoms with Gasteiger partial charge in [0.15, 0.2) is 0 Å². The fourth-order valence-electron chi connectivity index (χ4n) is 1.22. The molecule has 0 bridgehead atoms. The van der Waals surface area contributed by atoms with Crippen LogP contribution in [0.25, 0.3) is 0 Å². The van der Waals surface area contributed by atoms with Crippen LogP contribution in [0.2, 0.25) is 4.34 Å².